The molecule has 1 atom stereocenters. The van der Waals surface area contributed by atoms with Crippen molar-refractivity contribution >= 4 is 10.9 Å². The molecule has 0 aliphatic rings. The SMILES string of the molecule is CCc1ccccc1-n1c(C(C)NCCOC)nc2ccccc2c1=O. The van der Waals surface area contributed by atoms with E-state index in [2.05, 4.69) is 18.3 Å². The third kappa shape index (κ3) is 3.54. The molecule has 136 valence electrons. The highest BCUT2D eigenvalue weighted by atomic mass is 16.5. The van der Waals surface area contributed by atoms with Gasteiger partial charge in [-0.15, -0.1) is 0 Å². The fraction of sp³-hybridized carbons (Fsp3) is 0.333. The molecular formula is C21H25N3O2. The number of hydrogen-bond acceptors (Lipinski definition) is 4. The summed E-state index contributed by atoms with van der Waals surface area (Å²) in [6, 6.07) is 15.4. The first-order valence-corrected chi connectivity index (χ1v) is 8.99. The zero-order chi connectivity index (χ0) is 18.5. The van der Waals surface area contributed by atoms with E-state index in [1.807, 2.05) is 49.4 Å². The molecule has 3 aromatic rings. The van der Waals surface area contributed by atoms with Crippen LogP contribution in [0.4, 0.5) is 0 Å². The molecule has 26 heavy (non-hydrogen) atoms. The number of nitrogens with one attached hydrogen (secondary N) is 1. The van der Waals surface area contributed by atoms with E-state index in [9.17, 15) is 4.79 Å². The van der Waals surface area contributed by atoms with Crippen LogP contribution in [0.2, 0.25) is 0 Å². The van der Waals surface area contributed by atoms with E-state index in [-0.39, 0.29) is 11.6 Å². The molecule has 1 aromatic heterocycles. The van der Waals surface area contributed by atoms with E-state index < -0.39 is 0 Å². The smallest absolute Gasteiger partial charge is 0.266 e. The summed E-state index contributed by atoms with van der Waals surface area (Å²) >= 11 is 0. The highest BCUT2D eigenvalue weighted by Gasteiger charge is 2.18. The van der Waals surface area contributed by atoms with Crippen LogP contribution in [-0.2, 0) is 11.2 Å². The van der Waals surface area contributed by atoms with Crippen molar-refractivity contribution in [1.82, 2.24) is 14.9 Å². The fourth-order valence-corrected chi connectivity index (χ4v) is 3.17. The van der Waals surface area contributed by atoms with E-state index in [1.165, 1.54) is 0 Å². The van der Waals surface area contributed by atoms with Crippen molar-refractivity contribution in [1.29, 1.82) is 0 Å². The van der Waals surface area contributed by atoms with Crippen molar-refractivity contribution in [2.24, 2.45) is 0 Å². The summed E-state index contributed by atoms with van der Waals surface area (Å²) in [5.41, 5.74) is 2.70. The topological polar surface area (TPSA) is 56.1 Å². The molecule has 5 nitrogen and oxygen atoms in total. The lowest BCUT2D eigenvalue weighted by molar-refractivity contribution is 0.196. The van der Waals surface area contributed by atoms with Crippen molar-refractivity contribution in [3.63, 3.8) is 0 Å². The Bertz CT molecular complexity index is 949. The molecule has 2 aromatic carbocycles. The largest absolute Gasteiger partial charge is 0.383 e. The standard InChI is InChI=1S/C21H25N3O2/c1-4-16-9-5-8-12-19(16)24-20(15(2)22-13-14-26-3)23-18-11-7-6-10-17(18)21(24)25/h5-12,15,22H,4,13-14H2,1-3H3. The lowest BCUT2D eigenvalue weighted by Crippen LogP contribution is -2.32. The minimum Gasteiger partial charge on any atom is -0.383 e. The van der Waals surface area contributed by atoms with Crippen LogP contribution in [0, 0.1) is 0 Å². The predicted molar refractivity (Wildman–Crippen MR) is 105 cm³/mol. The summed E-state index contributed by atoms with van der Waals surface area (Å²) in [5, 5.41) is 4.02. The van der Waals surface area contributed by atoms with Gasteiger partial charge in [-0.25, -0.2) is 4.98 Å². The second kappa shape index (κ2) is 8.25. The van der Waals surface area contributed by atoms with Crippen molar-refractivity contribution in [2.45, 2.75) is 26.3 Å². The van der Waals surface area contributed by atoms with Gasteiger partial charge >= 0.3 is 0 Å². The number of rotatable bonds is 7. The molecule has 0 saturated carbocycles. The van der Waals surface area contributed by atoms with Gasteiger partial charge in [0.05, 0.1) is 29.2 Å². The zero-order valence-electron chi connectivity index (χ0n) is 15.5. The van der Waals surface area contributed by atoms with Crippen LogP contribution in [-0.4, -0.2) is 29.8 Å². The average Bonchev–Trinajstić information content (AvgIpc) is 2.68. The minimum atomic E-state index is -0.0904. The first-order valence-electron chi connectivity index (χ1n) is 8.99. The van der Waals surface area contributed by atoms with Crippen LogP contribution in [0.15, 0.2) is 53.3 Å². The van der Waals surface area contributed by atoms with Gasteiger partial charge in [-0.3, -0.25) is 9.36 Å². The molecule has 0 bridgehead atoms. The van der Waals surface area contributed by atoms with Crippen molar-refractivity contribution in [3.05, 3.63) is 70.3 Å². The Balaban J connectivity index is 2.23. The first-order chi connectivity index (χ1) is 12.7. The summed E-state index contributed by atoms with van der Waals surface area (Å²) in [6.45, 7) is 5.42. The molecule has 0 radical (unpaired) electrons. The molecule has 0 aliphatic heterocycles. The van der Waals surface area contributed by atoms with Gasteiger partial charge in [0, 0.05) is 13.7 Å². The van der Waals surface area contributed by atoms with Crippen molar-refractivity contribution in [2.75, 3.05) is 20.3 Å². The van der Waals surface area contributed by atoms with E-state index in [0.717, 1.165) is 23.2 Å². The van der Waals surface area contributed by atoms with Gasteiger partial charge in [-0.2, -0.15) is 0 Å². The number of nitrogens with zero attached hydrogens (tertiary/aromatic N) is 2. The van der Waals surface area contributed by atoms with Gasteiger partial charge in [0.25, 0.3) is 5.56 Å². The van der Waals surface area contributed by atoms with Crippen LogP contribution in [0.25, 0.3) is 16.6 Å². The van der Waals surface area contributed by atoms with Gasteiger partial charge in [0.2, 0.25) is 0 Å². The Morgan fingerprint density at radius 1 is 1.15 bits per heavy atom. The molecule has 0 aliphatic carbocycles. The molecular weight excluding hydrogens is 326 g/mol. The Kier molecular flexibility index (Phi) is 5.81. The summed E-state index contributed by atoms with van der Waals surface area (Å²) in [4.78, 5) is 18.1. The van der Waals surface area contributed by atoms with Gasteiger partial charge in [-0.05, 0) is 37.1 Å². The average molecular weight is 351 g/mol. The first kappa shape index (κ1) is 18.3. The van der Waals surface area contributed by atoms with E-state index in [0.29, 0.717) is 24.4 Å². The Morgan fingerprint density at radius 2 is 1.88 bits per heavy atom. The second-order valence-corrected chi connectivity index (χ2v) is 6.28. The molecule has 0 spiro atoms. The molecule has 3 rings (SSSR count). The minimum absolute atomic E-state index is 0.0353. The molecule has 1 heterocycles. The van der Waals surface area contributed by atoms with Crippen LogP contribution in [0.1, 0.15) is 31.3 Å². The van der Waals surface area contributed by atoms with Gasteiger partial charge in [0.1, 0.15) is 5.82 Å². The summed E-state index contributed by atoms with van der Waals surface area (Å²) in [5.74, 6) is 0.714. The fourth-order valence-electron chi connectivity index (χ4n) is 3.17. The maximum Gasteiger partial charge on any atom is 0.266 e. The number of methoxy groups -OCH3 is 1. The Hall–Kier alpha value is -2.50. The number of benzene rings is 2. The van der Waals surface area contributed by atoms with E-state index >= 15 is 0 Å². The zero-order valence-corrected chi connectivity index (χ0v) is 15.5. The maximum atomic E-state index is 13.3. The normalized spacial score (nSPS) is 12.4. The summed E-state index contributed by atoms with van der Waals surface area (Å²) in [6.07, 6.45) is 0.848. The van der Waals surface area contributed by atoms with Crippen molar-refractivity contribution in [3.8, 4) is 5.69 Å². The highest BCUT2D eigenvalue weighted by Crippen LogP contribution is 2.20. The second-order valence-electron chi connectivity index (χ2n) is 6.28. The van der Waals surface area contributed by atoms with E-state index in [1.54, 1.807) is 11.7 Å². The molecule has 0 fully saturated rings. The Morgan fingerprint density at radius 3 is 2.65 bits per heavy atom. The van der Waals surface area contributed by atoms with E-state index in [4.69, 9.17) is 9.72 Å². The lowest BCUT2D eigenvalue weighted by atomic mass is 10.1. The number of ether oxygens (including phenoxy) is 1. The van der Waals surface area contributed by atoms with Crippen LogP contribution >= 0.6 is 0 Å². The predicted octanol–water partition coefficient (Wildman–Crippen LogP) is 3.25. The van der Waals surface area contributed by atoms with Gasteiger partial charge in [-0.1, -0.05) is 37.3 Å². The monoisotopic (exact) mass is 351 g/mol. The van der Waals surface area contributed by atoms with Crippen LogP contribution < -0.4 is 10.9 Å². The molecule has 0 amide bonds. The summed E-state index contributed by atoms with van der Waals surface area (Å²) in [7, 11) is 1.67. The quantitative estimate of drug-likeness (QED) is 0.664. The lowest BCUT2D eigenvalue weighted by Gasteiger charge is -2.21. The number of aromatic nitrogens is 2. The third-order valence-corrected chi connectivity index (χ3v) is 4.56. The van der Waals surface area contributed by atoms with Crippen LogP contribution in [0.3, 0.4) is 0 Å². The van der Waals surface area contributed by atoms with Crippen molar-refractivity contribution < 1.29 is 4.74 Å². The molecule has 0 saturated heterocycles. The van der Waals surface area contributed by atoms with Gasteiger partial charge < -0.3 is 10.1 Å². The van der Waals surface area contributed by atoms with Crippen LogP contribution in [0.5, 0.6) is 0 Å². The molecule has 5 heteroatoms. The third-order valence-electron chi connectivity index (χ3n) is 4.56. The maximum absolute atomic E-state index is 13.3. The number of fused-ring (bicyclic) bond motifs is 1. The summed E-state index contributed by atoms with van der Waals surface area (Å²) < 4.78 is 6.88. The Labute approximate surface area is 153 Å². The number of para-hydroxylation sites is 2. The van der Waals surface area contributed by atoms with Gasteiger partial charge in [0.15, 0.2) is 0 Å². The highest BCUT2D eigenvalue weighted by molar-refractivity contribution is 5.78. The molecule has 1 N–H and O–H groups in total. The number of aryl methyl sites for hydroxylation is 1. The number of hydrogen-bond donors (Lipinski definition) is 1. The molecule has 1 unspecified atom stereocenters.